The van der Waals surface area contributed by atoms with Crippen molar-refractivity contribution >= 4 is 10.0 Å². The summed E-state index contributed by atoms with van der Waals surface area (Å²) in [5, 5.41) is 7.91. The van der Waals surface area contributed by atoms with E-state index in [-0.39, 0.29) is 23.4 Å². The number of hydrogen-bond donors (Lipinski definition) is 1. The lowest BCUT2D eigenvalue weighted by Gasteiger charge is -2.06. The molecule has 0 saturated heterocycles. The van der Waals surface area contributed by atoms with E-state index < -0.39 is 15.8 Å². The van der Waals surface area contributed by atoms with E-state index in [1.54, 1.807) is 0 Å². The fourth-order valence-corrected chi connectivity index (χ4v) is 3.44. The highest BCUT2D eigenvalue weighted by Crippen LogP contribution is 2.18. The monoisotopic (exact) mass is 375 g/mol. The van der Waals surface area contributed by atoms with Gasteiger partial charge in [0.25, 0.3) is 0 Å². The number of aryl methyl sites for hydroxylation is 2. The summed E-state index contributed by atoms with van der Waals surface area (Å²) in [6.07, 6.45) is 0.248. The van der Waals surface area contributed by atoms with Crippen LogP contribution in [-0.2, 0) is 16.4 Å². The van der Waals surface area contributed by atoms with Crippen LogP contribution in [0.25, 0.3) is 11.5 Å². The molecule has 3 rings (SSSR count). The van der Waals surface area contributed by atoms with E-state index in [2.05, 4.69) is 14.9 Å². The van der Waals surface area contributed by atoms with Gasteiger partial charge in [0.1, 0.15) is 5.82 Å². The highest BCUT2D eigenvalue weighted by atomic mass is 32.2. The zero-order valence-corrected chi connectivity index (χ0v) is 15.2. The van der Waals surface area contributed by atoms with Crippen LogP contribution < -0.4 is 4.72 Å². The van der Waals surface area contributed by atoms with E-state index in [0.29, 0.717) is 11.8 Å². The topological polar surface area (TPSA) is 85.1 Å². The molecule has 0 amide bonds. The van der Waals surface area contributed by atoms with Crippen LogP contribution in [0.15, 0.2) is 51.8 Å². The van der Waals surface area contributed by atoms with Gasteiger partial charge in [0, 0.05) is 18.5 Å². The third kappa shape index (κ3) is 4.14. The smallest absolute Gasteiger partial charge is 0.247 e. The zero-order valence-electron chi connectivity index (χ0n) is 14.4. The van der Waals surface area contributed by atoms with Crippen LogP contribution in [-0.4, -0.2) is 25.2 Å². The van der Waals surface area contributed by atoms with Gasteiger partial charge in [0.05, 0.1) is 4.90 Å². The van der Waals surface area contributed by atoms with E-state index in [1.807, 2.05) is 31.2 Å². The van der Waals surface area contributed by atoms with Crippen molar-refractivity contribution < 1.29 is 17.2 Å². The predicted octanol–water partition coefficient (Wildman–Crippen LogP) is 3.01. The second-order valence-electron chi connectivity index (χ2n) is 5.93. The number of rotatable bonds is 6. The molecular formula is C18H18FN3O3S. The highest BCUT2D eigenvalue weighted by Gasteiger charge is 2.16. The van der Waals surface area contributed by atoms with E-state index in [0.717, 1.165) is 17.2 Å². The van der Waals surface area contributed by atoms with Crippen LogP contribution in [0.1, 0.15) is 17.0 Å². The van der Waals surface area contributed by atoms with Crippen molar-refractivity contribution in [1.82, 2.24) is 14.9 Å². The molecule has 0 spiro atoms. The Morgan fingerprint density at radius 1 is 1.08 bits per heavy atom. The first kappa shape index (κ1) is 18.2. The first-order valence-corrected chi connectivity index (χ1v) is 9.49. The first-order valence-electron chi connectivity index (χ1n) is 8.00. The molecule has 0 saturated carbocycles. The standard InChI is InChI=1S/C18H18FN3O3S/c1-12-3-5-14(6-4-12)18-22-21-17(25-18)9-10-20-26(23,24)15-7-8-16(19)13(2)11-15/h3-8,11,20H,9-10H2,1-2H3. The molecular weight excluding hydrogens is 357 g/mol. The Morgan fingerprint density at radius 2 is 1.81 bits per heavy atom. The molecule has 0 unspecified atom stereocenters. The fourth-order valence-electron chi connectivity index (χ4n) is 2.33. The molecule has 1 heterocycles. The van der Waals surface area contributed by atoms with Crippen molar-refractivity contribution in [3.63, 3.8) is 0 Å². The molecule has 0 aliphatic heterocycles. The summed E-state index contributed by atoms with van der Waals surface area (Å²) in [4.78, 5) is 0.0160. The Bertz CT molecular complexity index is 1010. The molecule has 136 valence electrons. The molecule has 6 nitrogen and oxygen atoms in total. The van der Waals surface area contributed by atoms with Crippen LogP contribution in [0.5, 0.6) is 0 Å². The van der Waals surface area contributed by atoms with Gasteiger partial charge in [-0.3, -0.25) is 0 Å². The van der Waals surface area contributed by atoms with Crippen LogP contribution in [0.4, 0.5) is 4.39 Å². The van der Waals surface area contributed by atoms with E-state index >= 15 is 0 Å². The largest absolute Gasteiger partial charge is 0.421 e. The number of sulfonamides is 1. The average molecular weight is 375 g/mol. The number of halogens is 1. The van der Waals surface area contributed by atoms with Gasteiger partial charge in [-0.1, -0.05) is 17.7 Å². The number of hydrogen-bond acceptors (Lipinski definition) is 5. The van der Waals surface area contributed by atoms with Gasteiger partial charge in [0.15, 0.2) is 0 Å². The summed E-state index contributed by atoms with van der Waals surface area (Å²) in [6, 6.07) is 11.3. The van der Waals surface area contributed by atoms with Gasteiger partial charge in [-0.25, -0.2) is 17.5 Å². The lowest BCUT2D eigenvalue weighted by atomic mass is 10.1. The lowest BCUT2D eigenvalue weighted by molar-refractivity contribution is 0.502. The van der Waals surface area contributed by atoms with Gasteiger partial charge in [-0.15, -0.1) is 10.2 Å². The van der Waals surface area contributed by atoms with Crippen molar-refractivity contribution in [3.05, 3.63) is 65.3 Å². The number of aromatic nitrogens is 2. The predicted molar refractivity (Wildman–Crippen MR) is 94.5 cm³/mol. The molecule has 26 heavy (non-hydrogen) atoms. The molecule has 1 N–H and O–H groups in total. The Morgan fingerprint density at radius 3 is 2.50 bits per heavy atom. The van der Waals surface area contributed by atoms with Gasteiger partial charge in [-0.05, 0) is 49.7 Å². The third-order valence-electron chi connectivity index (χ3n) is 3.84. The lowest BCUT2D eigenvalue weighted by Crippen LogP contribution is -2.26. The maximum atomic E-state index is 13.3. The summed E-state index contributed by atoms with van der Waals surface area (Å²) in [5.74, 6) is 0.272. The van der Waals surface area contributed by atoms with E-state index in [1.165, 1.54) is 19.1 Å². The van der Waals surface area contributed by atoms with Gasteiger partial charge in [0.2, 0.25) is 21.8 Å². The van der Waals surface area contributed by atoms with Crippen LogP contribution in [0.2, 0.25) is 0 Å². The zero-order chi connectivity index (χ0) is 18.7. The summed E-state index contributed by atoms with van der Waals surface area (Å²) < 4.78 is 45.8. The van der Waals surface area contributed by atoms with E-state index in [9.17, 15) is 12.8 Å². The minimum absolute atomic E-state index is 0.0160. The molecule has 0 atom stereocenters. The average Bonchev–Trinajstić information content (AvgIpc) is 3.06. The molecule has 0 aliphatic carbocycles. The maximum Gasteiger partial charge on any atom is 0.247 e. The van der Waals surface area contributed by atoms with Crippen molar-refractivity contribution in [2.24, 2.45) is 0 Å². The third-order valence-corrected chi connectivity index (χ3v) is 5.29. The van der Waals surface area contributed by atoms with Crippen molar-refractivity contribution in [1.29, 1.82) is 0 Å². The SMILES string of the molecule is Cc1ccc(-c2nnc(CCNS(=O)(=O)c3ccc(F)c(C)c3)o2)cc1. The Balaban J connectivity index is 1.62. The minimum Gasteiger partial charge on any atom is -0.421 e. The minimum atomic E-state index is -3.73. The molecule has 2 aromatic carbocycles. The summed E-state index contributed by atoms with van der Waals surface area (Å²) in [5.41, 5.74) is 2.20. The summed E-state index contributed by atoms with van der Waals surface area (Å²) in [7, 11) is -3.73. The quantitative estimate of drug-likeness (QED) is 0.716. The van der Waals surface area contributed by atoms with Gasteiger partial charge in [-0.2, -0.15) is 0 Å². The first-order chi connectivity index (χ1) is 12.3. The van der Waals surface area contributed by atoms with Gasteiger partial charge < -0.3 is 4.42 Å². The molecule has 8 heteroatoms. The summed E-state index contributed by atoms with van der Waals surface area (Å²) in [6.45, 7) is 3.59. The fraction of sp³-hybridized carbons (Fsp3) is 0.222. The Hall–Kier alpha value is -2.58. The number of nitrogens with one attached hydrogen (secondary N) is 1. The van der Waals surface area contributed by atoms with Crippen molar-refractivity contribution in [2.45, 2.75) is 25.2 Å². The second-order valence-corrected chi connectivity index (χ2v) is 7.69. The Labute approximate surface area is 151 Å². The number of nitrogens with zero attached hydrogens (tertiary/aromatic N) is 2. The van der Waals surface area contributed by atoms with Crippen LogP contribution in [0.3, 0.4) is 0 Å². The van der Waals surface area contributed by atoms with Crippen LogP contribution in [0, 0.1) is 19.7 Å². The molecule has 0 fully saturated rings. The van der Waals surface area contributed by atoms with Crippen LogP contribution >= 0.6 is 0 Å². The second kappa shape index (κ2) is 7.35. The molecule has 0 aliphatic rings. The van der Waals surface area contributed by atoms with E-state index in [4.69, 9.17) is 4.42 Å². The van der Waals surface area contributed by atoms with Crippen molar-refractivity contribution in [2.75, 3.05) is 6.54 Å². The molecule has 0 bridgehead atoms. The molecule has 0 radical (unpaired) electrons. The number of benzene rings is 2. The Kier molecular flexibility index (Phi) is 5.15. The summed E-state index contributed by atoms with van der Waals surface area (Å²) >= 11 is 0. The highest BCUT2D eigenvalue weighted by molar-refractivity contribution is 7.89. The normalized spacial score (nSPS) is 11.7. The molecule has 3 aromatic rings. The molecule has 1 aromatic heterocycles. The van der Waals surface area contributed by atoms with Gasteiger partial charge >= 0.3 is 0 Å². The maximum absolute atomic E-state index is 13.3. The van der Waals surface area contributed by atoms with Crippen molar-refractivity contribution in [3.8, 4) is 11.5 Å².